The van der Waals surface area contributed by atoms with Gasteiger partial charge < -0.3 is 14.8 Å². The van der Waals surface area contributed by atoms with Gasteiger partial charge in [0.05, 0.1) is 6.10 Å². The number of nitrogens with two attached hydrogens (primary N) is 1. The average Bonchev–Trinajstić information content (AvgIpc) is 2.95. The molecule has 1 heterocycles. The van der Waals surface area contributed by atoms with Crippen LogP contribution >= 0.6 is 0 Å². The van der Waals surface area contributed by atoms with Crippen molar-refractivity contribution in [3.05, 3.63) is 54.1 Å². The molecule has 152 valence electrons. The molecule has 8 nitrogen and oxygen atoms in total. The van der Waals surface area contributed by atoms with E-state index in [1.165, 1.54) is 0 Å². The topological polar surface area (TPSA) is 108 Å². The van der Waals surface area contributed by atoms with Gasteiger partial charge in [0.1, 0.15) is 17.6 Å². The second-order valence-corrected chi connectivity index (χ2v) is 7.16. The summed E-state index contributed by atoms with van der Waals surface area (Å²) < 4.78 is 10.9. The summed E-state index contributed by atoms with van der Waals surface area (Å²) in [6.45, 7) is 6.43. The number of aliphatic imine (C=N–C) groups is 1. The fourth-order valence-corrected chi connectivity index (χ4v) is 2.82. The van der Waals surface area contributed by atoms with Crippen molar-refractivity contribution in [2.24, 2.45) is 10.7 Å². The molecule has 29 heavy (non-hydrogen) atoms. The molecule has 0 radical (unpaired) electrons. The highest BCUT2D eigenvalue weighted by atomic mass is 16.5. The number of benzene rings is 2. The van der Waals surface area contributed by atoms with E-state index in [-0.39, 0.29) is 12.7 Å². The summed E-state index contributed by atoms with van der Waals surface area (Å²) in [4.78, 5) is 4.52. The van der Waals surface area contributed by atoms with Gasteiger partial charge in [-0.25, -0.2) is 4.99 Å². The van der Waals surface area contributed by atoms with E-state index < -0.39 is 5.79 Å². The highest BCUT2D eigenvalue weighted by molar-refractivity contribution is 5.94. The van der Waals surface area contributed by atoms with E-state index in [0.717, 1.165) is 17.0 Å². The Labute approximate surface area is 170 Å². The number of nitriles is 1. The predicted octanol–water partition coefficient (Wildman–Crippen LogP) is 2.80. The standard InChI is InChI=1S/C21H26N6O2/c1-15(2)29-19-8-4-16(5-9-19)14-27-21(3,23)25-20(26-27)24-17-6-10-18(11-7-17)28-13-12-22/h4-11,15H,13-14,23H2,1-3H3,(H2,24,25,26). The predicted molar refractivity (Wildman–Crippen MR) is 112 cm³/mol. The van der Waals surface area contributed by atoms with E-state index in [0.29, 0.717) is 18.3 Å². The molecule has 2 aromatic rings. The van der Waals surface area contributed by atoms with Crippen LogP contribution in [-0.4, -0.2) is 29.5 Å². The molecule has 0 aromatic heterocycles. The normalized spacial score (nSPS) is 18.7. The molecule has 0 bridgehead atoms. The second-order valence-electron chi connectivity index (χ2n) is 7.16. The van der Waals surface area contributed by atoms with Crippen molar-refractivity contribution in [2.45, 2.75) is 39.2 Å². The molecule has 1 unspecified atom stereocenters. The van der Waals surface area contributed by atoms with Gasteiger partial charge in [-0.1, -0.05) is 12.1 Å². The molecular weight excluding hydrogens is 368 g/mol. The number of nitrogens with zero attached hydrogens (tertiary/aromatic N) is 3. The molecule has 1 atom stereocenters. The van der Waals surface area contributed by atoms with Crippen molar-refractivity contribution in [1.82, 2.24) is 10.4 Å². The lowest BCUT2D eigenvalue weighted by Gasteiger charge is -2.28. The number of hydrogen-bond acceptors (Lipinski definition) is 8. The smallest absolute Gasteiger partial charge is 0.213 e. The zero-order valence-corrected chi connectivity index (χ0v) is 16.8. The van der Waals surface area contributed by atoms with Gasteiger partial charge in [0.15, 0.2) is 12.4 Å². The third-order valence-electron chi connectivity index (χ3n) is 4.18. The van der Waals surface area contributed by atoms with E-state index >= 15 is 0 Å². The minimum atomic E-state index is -0.898. The molecule has 4 N–H and O–H groups in total. The molecule has 0 saturated carbocycles. The number of guanidine groups is 1. The summed E-state index contributed by atoms with van der Waals surface area (Å²) in [6.07, 6.45) is 0.141. The van der Waals surface area contributed by atoms with Crippen LogP contribution in [0.1, 0.15) is 26.3 Å². The quantitative estimate of drug-likeness (QED) is 0.663. The minimum Gasteiger partial charge on any atom is -0.491 e. The number of hydrogen-bond donors (Lipinski definition) is 3. The van der Waals surface area contributed by atoms with Gasteiger partial charge in [0.2, 0.25) is 5.96 Å². The van der Waals surface area contributed by atoms with Crippen molar-refractivity contribution in [2.75, 3.05) is 11.9 Å². The van der Waals surface area contributed by atoms with E-state index in [1.807, 2.05) is 68.2 Å². The maximum atomic E-state index is 8.57. The number of rotatable bonds is 7. The SMILES string of the molecule is CC(C)Oc1ccc(CN2NC(Nc3ccc(OCC#N)cc3)=NC2(C)N)cc1. The summed E-state index contributed by atoms with van der Waals surface area (Å²) in [5.41, 5.74) is 11.5. The van der Waals surface area contributed by atoms with Crippen LogP contribution in [0.15, 0.2) is 53.5 Å². The summed E-state index contributed by atoms with van der Waals surface area (Å²) in [5.74, 6) is 1.13. The van der Waals surface area contributed by atoms with Gasteiger partial charge in [0.25, 0.3) is 0 Å². The molecule has 3 rings (SSSR count). The first-order valence-electron chi connectivity index (χ1n) is 9.41. The van der Waals surface area contributed by atoms with E-state index in [1.54, 1.807) is 12.1 Å². The van der Waals surface area contributed by atoms with Crippen molar-refractivity contribution in [3.8, 4) is 17.6 Å². The molecule has 0 fully saturated rings. The highest BCUT2D eigenvalue weighted by Crippen LogP contribution is 2.21. The summed E-state index contributed by atoms with van der Waals surface area (Å²) in [7, 11) is 0. The molecule has 2 aromatic carbocycles. The summed E-state index contributed by atoms with van der Waals surface area (Å²) in [5, 5.41) is 13.6. The summed E-state index contributed by atoms with van der Waals surface area (Å²) >= 11 is 0. The van der Waals surface area contributed by atoms with Crippen LogP contribution < -0.4 is 25.9 Å². The van der Waals surface area contributed by atoms with Crippen molar-refractivity contribution in [3.63, 3.8) is 0 Å². The molecular formula is C21H26N6O2. The number of hydrazine groups is 1. The lowest BCUT2D eigenvalue weighted by Crippen LogP contribution is -2.53. The first-order chi connectivity index (χ1) is 13.9. The first kappa shape index (κ1) is 20.5. The largest absolute Gasteiger partial charge is 0.491 e. The second kappa shape index (κ2) is 8.82. The Hall–Kier alpha value is -3.28. The van der Waals surface area contributed by atoms with Gasteiger partial charge in [-0.15, -0.1) is 0 Å². The van der Waals surface area contributed by atoms with Crippen molar-refractivity contribution < 1.29 is 9.47 Å². The van der Waals surface area contributed by atoms with Crippen LogP contribution in [0.2, 0.25) is 0 Å². The van der Waals surface area contributed by atoms with Gasteiger partial charge in [-0.05, 0) is 62.7 Å². The Kier molecular flexibility index (Phi) is 6.22. The lowest BCUT2D eigenvalue weighted by atomic mass is 10.2. The Morgan fingerprint density at radius 2 is 1.83 bits per heavy atom. The zero-order chi connectivity index (χ0) is 20.9. The number of ether oxygens (including phenoxy) is 2. The monoisotopic (exact) mass is 394 g/mol. The molecule has 0 saturated heterocycles. The molecule has 1 aliphatic heterocycles. The van der Waals surface area contributed by atoms with E-state index in [9.17, 15) is 0 Å². The van der Waals surface area contributed by atoms with Crippen LogP contribution in [0.4, 0.5) is 5.69 Å². The molecule has 0 spiro atoms. The van der Waals surface area contributed by atoms with Crippen LogP contribution in [0.5, 0.6) is 11.5 Å². The fraction of sp³-hybridized carbons (Fsp3) is 0.333. The van der Waals surface area contributed by atoms with Gasteiger partial charge >= 0.3 is 0 Å². The third kappa shape index (κ3) is 5.60. The van der Waals surface area contributed by atoms with Gasteiger partial charge in [-0.3, -0.25) is 11.2 Å². The Morgan fingerprint density at radius 1 is 1.17 bits per heavy atom. The summed E-state index contributed by atoms with van der Waals surface area (Å²) in [6, 6.07) is 17.1. The molecule has 8 heteroatoms. The van der Waals surface area contributed by atoms with Crippen molar-refractivity contribution >= 4 is 11.6 Å². The zero-order valence-electron chi connectivity index (χ0n) is 16.8. The Bertz CT molecular complexity index is 885. The fourth-order valence-electron chi connectivity index (χ4n) is 2.82. The molecule has 0 aliphatic carbocycles. The molecule has 0 amide bonds. The van der Waals surface area contributed by atoms with Crippen LogP contribution in [0, 0.1) is 11.3 Å². The van der Waals surface area contributed by atoms with E-state index in [4.69, 9.17) is 20.5 Å². The van der Waals surface area contributed by atoms with E-state index in [2.05, 4.69) is 15.7 Å². The Morgan fingerprint density at radius 3 is 2.45 bits per heavy atom. The third-order valence-corrected chi connectivity index (χ3v) is 4.18. The van der Waals surface area contributed by atoms with Crippen LogP contribution in [0.25, 0.3) is 0 Å². The van der Waals surface area contributed by atoms with Crippen molar-refractivity contribution in [1.29, 1.82) is 5.26 Å². The maximum absolute atomic E-state index is 8.57. The number of anilines is 1. The van der Waals surface area contributed by atoms with Gasteiger partial charge in [0, 0.05) is 12.2 Å². The Balaban J connectivity index is 1.59. The maximum Gasteiger partial charge on any atom is 0.213 e. The van der Waals surface area contributed by atoms with Crippen LogP contribution in [0.3, 0.4) is 0 Å². The molecule has 1 aliphatic rings. The minimum absolute atomic E-state index is 0.0199. The lowest BCUT2D eigenvalue weighted by molar-refractivity contribution is 0.0995. The highest BCUT2D eigenvalue weighted by Gasteiger charge is 2.34. The van der Waals surface area contributed by atoms with Crippen LogP contribution in [-0.2, 0) is 6.54 Å². The first-order valence-corrected chi connectivity index (χ1v) is 9.41. The van der Waals surface area contributed by atoms with Gasteiger partial charge in [-0.2, -0.15) is 10.3 Å². The average molecular weight is 394 g/mol. The number of nitrogens with one attached hydrogen (secondary N) is 2.